The van der Waals surface area contributed by atoms with Gasteiger partial charge >= 0.3 is 0 Å². The van der Waals surface area contributed by atoms with E-state index in [2.05, 4.69) is 15.3 Å². The number of nitrogens with zero attached hydrogens (tertiary/aromatic N) is 3. The van der Waals surface area contributed by atoms with E-state index in [1.54, 1.807) is 6.33 Å². The molecule has 2 aromatic rings. The number of aromatic nitrogens is 3. The van der Waals surface area contributed by atoms with Crippen LogP contribution in [-0.2, 0) is 7.05 Å². The molecule has 0 amide bonds. The van der Waals surface area contributed by atoms with E-state index in [1.807, 2.05) is 17.7 Å². The number of hydrogen-bond donors (Lipinski definition) is 1. The number of aryl methyl sites for hydroxylation is 1. The van der Waals surface area contributed by atoms with E-state index in [0.717, 1.165) is 22.9 Å². The number of imidazole rings is 1. The minimum absolute atomic E-state index is 0.327. The zero-order chi connectivity index (χ0) is 11.6. The number of fused-ring (bicyclic) bond motifs is 1. The van der Waals surface area contributed by atoms with Crippen molar-refractivity contribution in [3.8, 4) is 0 Å². The van der Waals surface area contributed by atoms with Gasteiger partial charge in [0, 0.05) is 18.7 Å². The Morgan fingerprint density at radius 1 is 1.47 bits per heavy atom. The van der Waals surface area contributed by atoms with Crippen molar-refractivity contribution in [3.05, 3.63) is 17.4 Å². The molecule has 5 rings (SSSR count). The van der Waals surface area contributed by atoms with E-state index >= 15 is 0 Å². The predicted molar refractivity (Wildman–Crippen MR) is 67.2 cm³/mol. The summed E-state index contributed by atoms with van der Waals surface area (Å²) >= 11 is 6.22. The van der Waals surface area contributed by atoms with Gasteiger partial charge in [0.1, 0.15) is 11.3 Å². The van der Waals surface area contributed by atoms with Gasteiger partial charge in [0.25, 0.3) is 0 Å². The number of rotatable bonds is 2. The predicted octanol–water partition coefficient (Wildman–Crippen LogP) is 2.59. The van der Waals surface area contributed by atoms with Crippen LogP contribution in [0.2, 0.25) is 5.02 Å². The van der Waals surface area contributed by atoms with Gasteiger partial charge in [-0.1, -0.05) is 11.6 Å². The fraction of sp³-hybridized carbons (Fsp3) is 0.500. The van der Waals surface area contributed by atoms with Gasteiger partial charge in [-0.2, -0.15) is 0 Å². The molecule has 2 heterocycles. The number of nitrogens with one attached hydrogen (secondary N) is 1. The van der Waals surface area contributed by atoms with Crippen LogP contribution in [0.25, 0.3) is 11.2 Å². The first kappa shape index (κ1) is 9.71. The molecular formula is C12H13ClN4. The van der Waals surface area contributed by atoms with Gasteiger partial charge in [-0.05, 0) is 25.2 Å². The Kier molecular flexibility index (Phi) is 1.67. The van der Waals surface area contributed by atoms with E-state index in [-0.39, 0.29) is 0 Å². The molecule has 3 aliphatic rings. The first-order chi connectivity index (χ1) is 8.15. The monoisotopic (exact) mass is 248 g/mol. The molecule has 3 aliphatic carbocycles. The van der Waals surface area contributed by atoms with Crippen molar-refractivity contribution in [2.45, 2.75) is 24.8 Å². The Balaban J connectivity index is 1.77. The second-order valence-corrected chi connectivity index (χ2v) is 5.81. The standard InChI is InChI=1S/C12H13ClN4/c1-17-6-14-10-8(13)2-9(15-11(10)17)16-12-3-7(4-12)5-12/h2,6-7H,3-5H2,1H3,(H,15,16). The fourth-order valence-corrected chi connectivity index (χ4v) is 3.26. The van der Waals surface area contributed by atoms with Crippen molar-refractivity contribution in [2.24, 2.45) is 13.0 Å². The van der Waals surface area contributed by atoms with Crippen molar-refractivity contribution < 1.29 is 0 Å². The van der Waals surface area contributed by atoms with E-state index < -0.39 is 0 Å². The first-order valence-corrected chi connectivity index (χ1v) is 6.29. The summed E-state index contributed by atoms with van der Waals surface area (Å²) in [6, 6.07) is 1.89. The lowest BCUT2D eigenvalue weighted by atomic mass is 9.50. The normalized spacial score (nSPS) is 29.9. The summed E-state index contributed by atoms with van der Waals surface area (Å²) in [4.78, 5) is 8.83. The summed E-state index contributed by atoms with van der Waals surface area (Å²) in [6.45, 7) is 0. The van der Waals surface area contributed by atoms with Crippen LogP contribution in [0.5, 0.6) is 0 Å². The molecule has 3 saturated carbocycles. The number of pyridine rings is 1. The molecule has 4 nitrogen and oxygen atoms in total. The Morgan fingerprint density at radius 3 is 2.88 bits per heavy atom. The molecule has 2 bridgehead atoms. The average molecular weight is 249 g/mol. The van der Waals surface area contributed by atoms with Crippen LogP contribution in [0, 0.1) is 5.92 Å². The van der Waals surface area contributed by atoms with Crippen LogP contribution < -0.4 is 5.32 Å². The molecule has 17 heavy (non-hydrogen) atoms. The van der Waals surface area contributed by atoms with Crippen molar-refractivity contribution >= 4 is 28.6 Å². The molecule has 0 saturated heterocycles. The van der Waals surface area contributed by atoms with Gasteiger partial charge in [0.15, 0.2) is 5.65 Å². The van der Waals surface area contributed by atoms with Gasteiger partial charge in [-0.3, -0.25) is 0 Å². The van der Waals surface area contributed by atoms with Crippen LogP contribution in [0.15, 0.2) is 12.4 Å². The van der Waals surface area contributed by atoms with Crippen LogP contribution >= 0.6 is 11.6 Å². The van der Waals surface area contributed by atoms with Gasteiger partial charge in [0.05, 0.1) is 11.3 Å². The Hall–Kier alpha value is -1.29. The quantitative estimate of drug-likeness (QED) is 0.888. The summed E-state index contributed by atoms with van der Waals surface area (Å²) in [5.41, 5.74) is 1.94. The number of halogens is 1. The summed E-state index contributed by atoms with van der Waals surface area (Å²) in [6.07, 6.45) is 5.61. The summed E-state index contributed by atoms with van der Waals surface area (Å²) < 4.78 is 1.90. The summed E-state index contributed by atoms with van der Waals surface area (Å²) in [5, 5.41) is 4.21. The molecule has 5 heteroatoms. The van der Waals surface area contributed by atoms with Crippen LogP contribution in [0.3, 0.4) is 0 Å². The van der Waals surface area contributed by atoms with E-state index in [0.29, 0.717) is 10.6 Å². The van der Waals surface area contributed by atoms with Crippen molar-refractivity contribution in [2.75, 3.05) is 5.32 Å². The third-order valence-corrected chi connectivity index (χ3v) is 4.34. The second-order valence-electron chi connectivity index (χ2n) is 5.40. The topological polar surface area (TPSA) is 42.7 Å². The van der Waals surface area contributed by atoms with Crippen LogP contribution in [0.1, 0.15) is 19.3 Å². The van der Waals surface area contributed by atoms with Gasteiger partial charge in [-0.15, -0.1) is 0 Å². The molecule has 0 atom stereocenters. The molecule has 0 unspecified atom stereocenters. The Bertz CT molecular complexity index is 601. The van der Waals surface area contributed by atoms with Crippen LogP contribution in [0.4, 0.5) is 5.82 Å². The fourth-order valence-electron chi connectivity index (χ4n) is 3.03. The maximum absolute atomic E-state index is 6.22. The van der Waals surface area contributed by atoms with E-state index in [1.165, 1.54) is 19.3 Å². The van der Waals surface area contributed by atoms with Gasteiger partial charge < -0.3 is 9.88 Å². The second kappa shape index (κ2) is 2.93. The highest BCUT2D eigenvalue weighted by atomic mass is 35.5. The molecule has 0 spiro atoms. The third kappa shape index (κ3) is 1.24. The zero-order valence-corrected chi connectivity index (χ0v) is 10.3. The lowest BCUT2D eigenvalue weighted by molar-refractivity contribution is 0.00183. The smallest absolute Gasteiger partial charge is 0.163 e. The molecule has 88 valence electrons. The lowest BCUT2D eigenvalue weighted by Gasteiger charge is -2.62. The molecule has 0 radical (unpaired) electrons. The number of hydrogen-bond acceptors (Lipinski definition) is 3. The maximum atomic E-state index is 6.22. The molecule has 1 N–H and O–H groups in total. The van der Waals surface area contributed by atoms with Gasteiger partial charge in [0.2, 0.25) is 0 Å². The van der Waals surface area contributed by atoms with Gasteiger partial charge in [-0.25, -0.2) is 9.97 Å². The summed E-state index contributed by atoms with van der Waals surface area (Å²) in [5.74, 6) is 1.84. The SMILES string of the molecule is Cn1cnc2c(Cl)cc(NC34CC(C3)C4)nc21. The Labute approximate surface area is 104 Å². The zero-order valence-electron chi connectivity index (χ0n) is 9.57. The lowest BCUT2D eigenvalue weighted by Crippen LogP contribution is -2.63. The van der Waals surface area contributed by atoms with E-state index in [4.69, 9.17) is 11.6 Å². The summed E-state index contributed by atoms with van der Waals surface area (Å²) in [7, 11) is 1.93. The largest absolute Gasteiger partial charge is 0.364 e. The molecule has 0 aliphatic heterocycles. The highest BCUT2D eigenvalue weighted by Gasteiger charge is 2.56. The molecule has 2 aromatic heterocycles. The third-order valence-electron chi connectivity index (χ3n) is 4.05. The van der Waals surface area contributed by atoms with Crippen LogP contribution in [-0.4, -0.2) is 20.1 Å². The average Bonchev–Trinajstić information content (AvgIpc) is 2.53. The highest BCUT2D eigenvalue weighted by molar-refractivity contribution is 6.35. The highest BCUT2D eigenvalue weighted by Crippen LogP contribution is 2.58. The van der Waals surface area contributed by atoms with E-state index in [9.17, 15) is 0 Å². The van der Waals surface area contributed by atoms with Crippen molar-refractivity contribution in [3.63, 3.8) is 0 Å². The molecule has 0 aromatic carbocycles. The first-order valence-electron chi connectivity index (χ1n) is 5.91. The Morgan fingerprint density at radius 2 is 2.24 bits per heavy atom. The minimum atomic E-state index is 0.327. The molecule has 3 fully saturated rings. The minimum Gasteiger partial charge on any atom is -0.364 e. The van der Waals surface area contributed by atoms with Crippen molar-refractivity contribution in [1.82, 2.24) is 14.5 Å². The van der Waals surface area contributed by atoms with Crippen molar-refractivity contribution in [1.29, 1.82) is 0 Å². The molecular weight excluding hydrogens is 236 g/mol. The maximum Gasteiger partial charge on any atom is 0.163 e. The number of anilines is 1.